The van der Waals surface area contributed by atoms with E-state index in [2.05, 4.69) is 31.2 Å². The summed E-state index contributed by atoms with van der Waals surface area (Å²) in [5.41, 5.74) is 2.28. The van der Waals surface area contributed by atoms with Crippen LogP contribution in [-0.4, -0.2) is 48.8 Å². The standard InChI is InChI=1S/C21H29NO3/c1-16-2-4-17(5-3-16)12-20(23)22-10-8-21(9-11-22)13-19(15-25-21)24-14-18-6-7-18/h2-5,18-19H,6-15H2,1H3/t19-/m1/s1. The van der Waals surface area contributed by atoms with E-state index < -0.39 is 0 Å². The summed E-state index contributed by atoms with van der Waals surface area (Å²) >= 11 is 0. The van der Waals surface area contributed by atoms with Crippen molar-refractivity contribution >= 4 is 5.91 Å². The second-order valence-electron chi connectivity index (χ2n) is 8.14. The molecule has 0 unspecified atom stereocenters. The number of benzene rings is 1. The second-order valence-corrected chi connectivity index (χ2v) is 8.14. The van der Waals surface area contributed by atoms with Gasteiger partial charge in [-0.25, -0.2) is 0 Å². The molecule has 0 aromatic heterocycles. The molecule has 1 aliphatic carbocycles. The molecule has 3 aliphatic rings. The van der Waals surface area contributed by atoms with Gasteiger partial charge in [0.2, 0.25) is 5.91 Å². The molecule has 4 heteroatoms. The van der Waals surface area contributed by atoms with Crippen molar-refractivity contribution in [3.8, 4) is 0 Å². The Morgan fingerprint density at radius 3 is 2.64 bits per heavy atom. The predicted molar refractivity (Wildman–Crippen MR) is 96.5 cm³/mol. The SMILES string of the molecule is Cc1ccc(CC(=O)N2CCC3(CC2)C[C@@H](OCC2CC2)CO3)cc1. The molecule has 1 spiro atoms. The Morgan fingerprint density at radius 2 is 1.96 bits per heavy atom. The van der Waals surface area contributed by atoms with Crippen LogP contribution in [0.2, 0.25) is 0 Å². The number of piperidine rings is 1. The summed E-state index contributed by atoms with van der Waals surface area (Å²) in [7, 11) is 0. The van der Waals surface area contributed by atoms with Gasteiger partial charge in [0.25, 0.3) is 0 Å². The van der Waals surface area contributed by atoms with Gasteiger partial charge in [-0.05, 0) is 44.1 Å². The minimum absolute atomic E-state index is 0.0468. The first-order valence-corrected chi connectivity index (χ1v) is 9.71. The molecule has 0 N–H and O–H groups in total. The maximum atomic E-state index is 12.6. The van der Waals surface area contributed by atoms with Gasteiger partial charge in [-0.1, -0.05) is 29.8 Å². The zero-order chi connectivity index (χ0) is 17.3. The molecule has 4 nitrogen and oxygen atoms in total. The van der Waals surface area contributed by atoms with Crippen molar-refractivity contribution in [1.29, 1.82) is 0 Å². The lowest BCUT2D eigenvalue weighted by Crippen LogP contribution is -2.47. The summed E-state index contributed by atoms with van der Waals surface area (Å²) in [6.07, 6.45) is 6.30. The quantitative estimate of drug-likeness (QED) is 0.824. The molecule has 0 radical (unpaired) electrons. The summed E-state index contributed by atoms with van der Waals surface area (Å²) in [6, 6.07) is 8.25. The highest BCUT2D eigenvalue weighted by molar-refractivity contribution is 5.78. The average molecular weight is 343 g/mol. The largest absolute Gasteiger partial charge is 0.375 e. The maximum Gasteiger partial charge on any atom is 0.226 e. The van der Waals surface area contributed by atoms with Crippen LogP contribution in [0.3, 0.4) is 0 Å². The Labute approximate surface area is 150 Å². The van der Waals surface area contributed by atoms with Gasteiger partial charge in [0.15, 0.2) is 0 Å². The molecular formula is C21H29NO3. The number of carbonyl (C=O) groups excluding carboxylic acids is 1. The number of likely N-dealkylation sites (tertiary alicyclic amines) is 1. The normalized spacial score (nSPS) is 25.5. The first kappa shape index (κ1) is 17.0. The van der Waals surface area contributed by atoms with Crippen LogP contribution in [0, 0.1) is 12.8 Å². The molecule has 2 heterocycles. The highest BCUT2D eigenvalue weighted by atomic mass is 16.6. The lowest BCUT2D eigenvalue weighted by Gasteiger charge is -2.38. The second kappa shape index (κ2) is 7.08. The molecule has 2 aliphatic heterocycles. The fourth-order valence-electron chi connectivity index (χ4n) is 3.97. The van der Waals surface area contributed by atoms with E-state index in [0.717, 1.165) is 57.0 Å². The Kier molecular flexibility index (Phi) is 4.83. The average Bonchev–Trinajstić information content (AvgIpc) is 3.37. The number of hydrogen-bond acceptors (Lipinski definition) is 3. The Balaban J connectivity index is 1.25. The molecule has 1 saturated carbocycles. The van der Waals surface area contributed by atoms with Crippen LogP contribution in [0.15, 0.2) is 24.3 Å². The van der Waals surface area contributed by atoms with E-state index in [1.54, 1.807) is 0 Å². The van der Waals surface area contributed by atoms with Crippen molar-refractivity contribution in [2.45, 2.75) is 57.2 Å². The number of rotatable bonds is 5. The van der Waals surface area contributed by atoms with Crippen LogP contribution in [0.1, 0.15) is 43.2 Å². The van der Waals surface area contributed by atoms with Crippen molar-refractivity contribution in [1.82, 2.24) is 4.90 Å². The van der Waals surface area contributed by atoms with E-state index in [9.17, 15) is 4.79 Å². The van der Waals surface area contributed by atoms with Gasteiger partial charge >= 0.3 is 0 Å². The van der Waals surface area contributed by atoms with Crippen molar-refractivity contribution < 1.29 is 14.3 Å². The summed E-state index contributed by atoms with van der Waals surface area (Å²) in [6.45, 7) is 5.31. The summed E-state index contributed by atoms with van der Waals surface area (Å²) in [5.74, 6) is 1.04. The zero-order valence-electron chi connectivity index (χ0n) is 15.2. The van der Waals surface area contributed by atoms with Crippen molar-refractivity contribution in [3.63, 3.8) is 0 Å². The van der Waals surface area contributed by atoms with Gasteiger partial charge in [0.1, 0.15) is 0 Å². The monoisotopic (exact) mass is 343 g/mol. The third-order valence-electron chi connectivity index (χ3n) is 5.94. The summed E-state index contributed by atoms with van der Waals surface area (Å²) in [5, 5.41) is 0. The van der Waals surface area contributed by atoms with Gasteiger partial charge in [-0.15, -0.1) is 0 Å². The van der Waals surface area contributed by atoms with Crippen molar-refractivity contribution in [3.05, 3.63) is 35.4 Å². The van der Waals surface area contributed by atoms with Crippen molar-refractivity contribution in [2.24, 2.45) is 5.92 Å². The number of amides is 1. The molecular weight excluding hydrogens is 314 g/mol. The van der Waals surface area contributed by atoms with E-state index in [1.165, 1.54) is 18.4 Å². The molecule has 3 fully saturated rings. The lowest BCUT2D eigenvalue weighted by molar-refractivity contribution is -0.135. The number of ether oxygens (including phenoxy) is 2. The van der Waals surface area contributed by atoms with E-state index in [0.29, 0.717) is 6.42 Å². The van der Waals surface area contributed by atoms with Crippen LogP contribution < -0.4 is 0 Å². The fraction of sp³-hybridized carbons (Fsp3) is 0.667. The van der Waals surface area contributed by atoms with E-state index in [-0.39, 0.29) is 17.6 Å². The molecule has 1 aromatic rings. The molecule has 1 amide bonds. The topological polar surface area (TPSA) is 38.8 Å². The van der Waals surface area contributed by atoms with Gasteiger partial charge in [-0.3, -0.25) is 4.79 Å². The molecule has 25 heavy (non-hydrogen) atoms. The third kappa shape index (κ3) is 4.24. The first-order chi connectivity index (χ1) is 12.1. The van der Waals surface area contributed by atoms with E-state index in [4.69, 9.17) is 9.47 Å². The first-order valence-electron chi connectivity index (χ1n) is 9.71. The van der Waals surface area contributed by atoms with Crippen LogP contribution >= 0.6 is 0 Å². The highest BCUT2D eigenvalue weighted by Crippen LogP contribution is 2.38. The fourth-order valence-corrected chi connectivity index (χ4v) is 3.97. The van der Waals surface area contributed by atoms with E-state index >= 15 is 0 Å². The molecule has 136 valence electrons. The van der Waals surface area contributed by atoms with Crippen LogP contribution in [0.25, 0.3) is 0 Å². The summed E-state index contributed by atoms with van der Waals surface area (Å²) in [4.78, 5) is 14.6. The lowest BCUT2D eigenvalue weighted by atomic mass is 9.87. The molecule has 1 aromatic carbocycles. The maximum absolute atomic E-state index is 12.6. The van der Waals surface area contributed by atoms with Crippen molar-refractivity contribution in [2.75, 3.05) is 26.3 Å². The molecule has 2 saturated heterocycles. The van der Waals surface area contributed by atoms with Gasteiger partial charge in [0.05, 0.1) is 24.7 Å². The smallest absolute Gasteiger partial charge is 0.226 e. The minimum Gasteiger partial charge on any atom is -0.375 e. The number of hydrogen-bond donors (Lipinski definition) is 0. The number of carbonyl (C=O) groups is 1. The van der Waals surface area contributed by atoms with Crippen LogP contribution in [-0.2, 0) is 20.7 Å². The Morgan fingerprint density at radius 1 is 1.24 bits per heavy atom. The zero-order valence-corrected chi connectivity index (χ0v) is 15.2. The van der Waals surface area contributed by atoms with Crippen LogP contribution in [0.5, 0.6) is 0 Å². The minimum atomic E-state index is -0.0468. The highest BCUT2D eigenvalue weighted by Gasteiger charge is 2.44. The Bertz CT molecular complexity index is 600. The third-order valence-corrected chi connectivity index (χ3v) is 5.94. The summed E-state index contributed by atoms with van der Waals surface area (Å²) < 4.78 is 12.2. The van der Waals surface area contributed by atoms with E-state index in [1.807, 2.05) is 4.90 Å². The Hall–Kier alpha value is -1.39. The number of nitrogens with zero attached hydrogens (tertiary/aromatic N) is 1. The molecule has 4 rings (SSSR count). The van der Waals surface area contributed by atoms with Gasteiger partial charge in [-0.2, -0.15) is 0 Å². The van der Waals surface area contributed by atoms with Crippen LogP contribution in [0.4, 0.5) is 0 Å². The predicted octanol–water partition coefficient (Wildman–Crippen LogP) is 3.11. The number of aryl methyl sites for hydroxylation is 1. The van der Waals surface area contributed by atoms with Gasteiger partial charge in [0, 0.05) is 26.1 Å². The molecule has 1 atom stereocenters. The molecule has 0 bridgehead atoms. The van der Waals surface area contributed by atoms with Gasteiger partial charge < -0.3 is 14.4 Å².